The molecule has 0 aliphatic heterocycles. The van der Waals surface area contributed by atoms with E-state index in [1.807, 2.05) is 62.6 Å². The van der Waals surface area contributed by atoms with Gasteiger partial charge in [-0.1, -0.05) is 24.3 Å². The number of rotatable bonds is 8. The van der Waals surface area contributed by atoms with Crippen molar-refractivity contribution in [2.75, 3.05) is 41.9 Å². The number of ether oxygens (including phenoxy) is 2. The van der Waals surface area contributed by atoms with Crippen LogP contribution in [0.3, 0.4) is 0 Å². The van der Waals surface area contributed by atoms with Crippen molar-refractivity contribution >= 4 is 6.03 Å². The molecule has 0 aliphatic rings. The molecule has 1 atom stereocenters. The van der Waals surface area contributed by atoms with Crippen LogP contribution in [0.4, 0.5) is 4.79 Å². The Kier molecular flexibility index (Phi) is 7.49. The van der Waals surface area contributed by atoms with Crippen LogP contribution in [0.2, 0.25) is 0 Å². The van der Waals surface area contributed by atoms with E-state index in [1.165, 1.54) is 0 Å². The maximum Gasteiger partial charge on any atom is 0.317 e. The summed E-state index contributed by atoms with van der Waals surface area (Å²) in [5.74, 6) is 1.60. The minimum atomic E-state index is -0.113. The molecular weight excluding hydrogens is 342 g/mol. The van der Waals surface area contributed by atoms with Gasteiger partial charge in [0.2, 0.25) is 0 Å². The van der Waals surface area contributed by atoms with E-state index in [2.05, 4.69) is 10.2 Å². The van der Waals surface area contributed by atoms with Crippen LogP contribution in [0, 0.1) is 0 Å². The maximum atomic E-state index is 12.5. The lowest BCUT2D eigenvalue weighted by Gasteiger charge is -2.27. The fraction of sp³-hybridized carbons (Fsp3) is 0.381. The molecule has 0 aromatic heterocycles. The number of benzene rings is 2. The second kappa shape index (κ2) is 9.83. The highest BCUT2D eigenvalue weighted by atomic mass is 16.5. The summed E-state index contributed by atoms with van der Waals surface area (Å²) in [5, 5.41) is 3.02. The maximum absolute atomic E-state index is 12.5. The van der Waals surface area contributed by atoms with Crippen molar-refractivity contribution in [3.05, 3.63) is 59.7 Å². The minimum absolute atomic E-state index is 0.0741. The number of carbonyl (C=O) groups excluding carboxylic acids is 1. The van der Waals surface area contributed by atoms with E-state index in [1.54, 1.807) is 26.2 Å². The van der Waals surface area contributed by atoms with Gasteiger partial charge in [0, 0.05) is 20.1 Å². The zero-order chi connectivity index (χ0) is 19.8. The molecule has 2 rings (SSSR count). The van der Waals surface area contributed by atoms with Crippen molar-refractivity contribution in [1.82, 2.24) is 15.1 Å². The third kappa shape index (κ3) is 5.89. The molecule has 6 nitrogen and oxygen atoms in total. The quantitative estimate of drug-likeness (QED) is 0.775. The lowest BCUT2D eigenvalue weighted by molar-refractivity contribution is 0.200. The molecule has 0 radical (unpaired) electrons. The van der Waals surface area contributed by atoms with Crippen LogP contribution in [0.25, 0.3) is 0 Å². The van der Waals surface area contributed by atoms with Gasteiger partial charge in [0.05, 0.1) is 20.3 Å². The van der Waals surface area contributed by atoms with E-state index in [9.17, 15) is 4.79 Å². The van der Waals surface area contributed by atoms with Gasteiger partial charge in [0.1, 0.15) is 11.5 Å². The molecule has 0 aliphatic carbocycles. The highest BCUT2D eigenvalue weighted by Gasteiger charge is 2.17. The largest absolute Gasteiger partial charge is 0.497 e. The summed E-state index contributed by atoms with van der Waals surface area (Å²) in [6.45, 7) is 1.03. The van der Waals surface area contributed by atoms with Crippen molar-refractivity contribution in [2.45, 2.75) is 12.6 Å². The summed E-state index contributed by atoms with van der Waals surface area (Å²) in [6, 6.07) is 15.6. The number of carbonyl (C=O) groups is 1. The Hall–Kier alpha value is -2.73. The first-order valence-electron chi connectivity index (χ1n) is 8.87. The zero-order valence-electron chi connectivity index (χ0n) is 16.7. The van der Waals surface area contributed by atoms with Gasteiger partial charge in [-0.05, 0) is 49.5 Å². The molecule has 0 saturated heterocycles. The van der Waals surface area contributed by atoms with Crippen LogP contribution in [0.15, 0.2) is 48.5 Å². The minimum Gasteiger partial charge on any atom is -0.497 e. The van der Waals surface area contributed by atoms with Gasteiger partial charge in [-0.15, -0.1) is 0 Å². The average molecular weight is 371 g/mol. The Balaban J connectivity index is 1.95. The van der Waals surface area contributed by atoms with Crippen LogP contribution in [-0.4, -0.2) is 57.7 Å². The Morgan fingerprint density at radius 2 is 1.67 bits per heavy atom. The van der Waals surface area contributed by atoms with Gasteiger partial charge in [-0.3, -0.25) is 0 Å². The van der Waals surface area contributed by atoms with E-state index in [0.717, 1.165) is 22.6 Å². The monoisotopic (exact) mass is 371 g/mol. The number of likely N-dealkylation sites (N-methyl/N-ethyl adjacent to an activating group) is 1. The third-order valence-corrected chi connectivity index (χ3v) is 4.47. The number of nitrogens with zero attached hydrogens (tertiary/aromatic N) is 2. The van der Waals surface area contributed by atoms with Gasteiger partial charge in [-0.25, -0.2) is 4.79 Å². The molecule has 2 aromatic rings. The highest BCUT2D eigenvalue weighted by Crippen LogP contribution is 2.21. The second-order valence-corrected chi connectivity index (χ2v) is 6.65. The van der Waals surface area contributed by atoms with E-state index in [4.69, 9.17) is 9.47 Å². The van der Waals surface area contributed by atoms with Crippen LogP contribution < -0.4 is 14.8 Å². The highest BCUT2D eigenvalue weighted by molar-refractivity contribution is 5.73. The standard InChI is InChI=1S/C21H29N3O3/c1-23(2)20(17-9-11-18(26-4)12-10-17)14-22-21(25)24(3)15-16-7-6-8-19(13-16)27-5/h6-13,20H,14-15H2,1-5H3,(H,22,25). The summed E-state index contributed by atoms with van der Waals surface area (Å²) < 4.78 is 10.4. The average Bonchev–Trinajstić information content (AvgIpc) is 2.68. The Morgan fingerprint density at radius 1 is 1.00 bits per heavy atom. The van der Waals surface area contributed by atoms with Crippen LogP contribution in [0.5, 0.6) is 11.5 Å². The van der Waals surface area contributed by atoms with E-state index in [-0.39, 0.29) is 12.1 Å². The van der Waals surface area contributed by atoms with Crippen molar-refractivity contribution in [3.8, 4) is 11.5 Å². The summed E-state index contributed by atoms with van der Waals surface area (Å²) in [6.07, 6.45) is 0. The lowest BCUT2D eigenvalue weighted by atomic mass is 10.1. The van der Waals surface area contributed by atoms with E-state index >= 15 is 0 Å². The fourth-order valence-electron chi connectivity index (χ4n) is 2.86. The molecule has 27 heavy (non-hydrogen) atoms. The Bertz CT molecular complexity index is 732. The molecule has 146 valence electrons. The summed E-state index contributed by atoms with van der Waals surface area (Å²) in [5.41, 5.74) is 2.14. The predicted molar refractivity (Wildman–Crippen MR) is 107 cm³/mol. The smallest absolute Gasteiger partial charge is 0.317 e. The van der Waals surface area contributed by atoms with Crippen molar-refractivity contribution in [3.63, 3.8) is 0 Å². The topological polar surface area (TPSA) is 54.0 Å². The van der Waals surface area contributed by atoms with E-state index < -0.39 is 0 Å². The van der Waals surface area contributed by atoms with Gasteiger partial charge in [-0.2, -0.15) is 0 Å². The lowest BCUT2D eigenvalue weighted by Crippen LogP contribution is -2.41. The number of hydrogen-bond acceptors (Lipinski definition) is 4. The van der Waals surface area contributed by atoms with Crippen LogP contribution in [-0.2, 0) is 6.54 Å². The van der Waals surface area contributed by atoms with Gasteiger partial charge in [0.25, 0.3) is 0 Å². The number of hydrogen-bond donors (Lipinski definition) is 1. The SMILES string of the molecule is COc1ccc(C(CNC(=O)N(C)Cc2cccc(OC)c2)N(C)C)cc1. The van der Waals surface area contributed by atoms with Gasteiger partial charge in [0.15, 0.2) is 0 Å². The van der Waals surface area contributed by atoms with Crippen LogP contribution in [0.1, 0.15) is 17.2 Å². The van der Waals surface area contributed by atoms with Crippen molar-refractivity contribution in [2.24, 2.45) is 0 Å². The first-order chi connectivity index (χ1) is 12.9. The number of urea groups is 1. The van der Waals surface area contributed by atoms with Crippen molar-refractivity contribution < 1.29 is 14.3 Å². The molecule has 6 heteroatoms. The van der Waals surface area contributed by atoms with Gasteiger partial charge < -0.3 is 24.6 Å². The fourth-order valence-corrected chi connectivity index (χ4v) is 2.86. The molecule has 2 amide bonds. The Labute approximate surface area is 161 Å². The number of amides is 2. The molecular formula is C21H29N3O3. The summed E-state index contributed by atoms with van der Waals surface area (Å²) in [4.78, 5) is 16.3. The molecule has 0 fully saturated rings. The normalized spacial score (nSPS) is 11.8. The number of methoxy groups -OCH3 is 2. The molecule has 0 heterocycles. The molecule has 1 N–H and O–H groups in total. The molecule has 2 aromatic carbocycles. The first kappa shape index (κ1) is 20.6. The summed E-state index contributed by atoms with van der Waals surface area (Å²) in [7, 11) is 9.07. The number of nitrogens with one attached hydrogen (secondary N) is 1. The molecule has 1 unspecified atom stereocenters. The summed E-state index contributed by atoms with van der Waals surface area (Å²) >= 11 is 0. The molecule has 0 saturated carbocycles. The van der Waals surface area contributed by atoms with Crippen molar-refractivity contribution in [1.29, 1.82) is 0 Å². The van der Waals surface area contributed by atoms with Gasteiger partial charge >= 0.3 is 6.03 Å². The second-order valence-electron chi connectivity index (χ2n) is 6.65. The molecule has 0 bridgehead atoms. The first-order valence-corrected chi connectivity index (χ1v) is 8.87. The zero-order valence-corrected chi connectivity index (χ0v) is 16.7. The van der Waals surface area contributed by atoms with Crippen LogP contribution >= 0.6 is 0 Å². The third-order valence-electron chi connectivity index (χ3n) is 4.47. The Morgan fingerprint density at radius 3 is 2.26 bits per heavy atom. The van der Waals surface area contributed by atoms with E-state index in [0.29, 0.717) is 13.1 Å². The molecule has 0 spiro atoms. The predicted octanol–water partition coefficient (Wildman–Crippen LogP) is 3.15.